The van der Waals surface area contributed by atoms with Crippen LogP contribution in [0.2, 0.25) is 0 Å². The number of nitrogens with one attached hydrogen (secondary N) is 1. The molecule has 2 aromatic rings. The molecule has 0 radical (unpaired) electrons. The van der Waals surface area contributed by atoms with Gasteiger partial charge in [-0.1, -0.05) is 15.9 Å². The summed E-state index contributed by atoms with van der Waals surface area (Å²) in [5.74, 6) is 1.78. The lowest BCUT2D eigenvalue weighted by atomic mass is 10.1. The highest BCUT2D eigenvalue weighted by Gasteiger charge is 2.21. The Bertz CT molecular complexity index is 608. The van der Waals surface area contributed by atoms with Crippen LogP contribution in [0.5, 0.6) is 5.75 Å². The van der Waals surface area contributed by atoms with Gasteiger partial charge in [-0.15, -0.1) is 0 Å². The van der Waals surface area contributed by atoms with Crippen LogP contribution in [0.15, 0.2) is 33.4 Å². The van der Waals surface area contributed by atoms with E-state index in [1.807, 2.05) is 18.2 Å². The first-order valence-electron chi connectivity index (χ1n) is 7.31. The third-order valence-electron chi connectivity index (χ3n) is 3.78. The van der Waals surface area contributed by atoms with E-state index in [0.29, 0.717) is 12.6 Å². The highest BCUT2D eigenvalue weighted by molar-refractivity contribution is 9.10. The third kappa shape index (κ3) is 3.69. The fourth-order valence-electron chi connectivity index (χ4n) is 2.33. The van der Waals surface area contributed by atoms with Crippen LogP contribution in [-0.4, -0.2) is 6.04 Å². The van der Waals surface area contributed by atoms with Crippen LogP contribution in [0, 0.1) is 13.8 Å². The molecule has 3 nitrogen and oxygen atoms in total. The average Bonchev–Trinajstić information content (AvgIpc) is 3.18. The second-order valence-corrected chi connectivity index (χ2v) is 6.48. The van der Waals surface area contributed by atoms with E-state index >= 15 is 0 Å². The maximum Gasteiger partial charge on any atom is 0.146 e. The van der Waals surface area contributed by atoms with Crippen molar-refractivity contribution in [1.82, 2.24) is 5.32 Å². The maximum atomic E-state index is 5.89. The molecule has 3 rings (SSSR count). The molecule has 1 aliphatic carbocycles. The maximum absolute atomic E-state index is 5.89. The zero-order valence-electron chi connectivity index (χ0n) is 12.4. The predicted molar refractivity (Wildman–Crippen MR) is 86.5 cm³/mol. The molecule has 4 heteroatoms. The van der Waals surface area contributed by atoms with Crippen molar-refractivity contribution in [3.63, 3.8) is 0 Å². The van der Waals surface area contributed by atoms with E-state index in [-0.39, 0.29) is 0 Å². The zero-order valence-corrected chi connectivity index (χ0v) is 14.0. The van der Waals surface area contributed by atoms with Crippen molar-refractivity contribution in [2.24, 2.45) is 0 Å². The smallest absolute Gasteiger partial charge is 0.146 e. The number of ether oxygens (including phenoxy) is 1. The van der Waals surface area contributed by atoms with Crippen molar-refractivity contribution >= 4 is 15.9 Å². The van der Waals surface area contributed by atoms with Gasteiger partial charge in [0.1, 0.15) is 18.1 Å². The molecule has 112 valence electrons. The van der Waals surface area contributed by atoms with Crippen molar-refractivity contribution in [3.05, 3.63) is 51.4 Å². The number of rotatable bonds is 6. The number of halogens is 1. The Labute approximate surface area is 133 Å². The minimum Gasteiger partial charge on any atom is -0.486 e. The summed E-state index contributed by atoms with van der Waals surface area (Å²) in [5, 5.41) is 3.50. The molecule has 0 saturated heterocycles. The van der Waals surface area contributed by atoms with Gasteiger partial charge in [0.25, 0.3) is 0 Å². The summed E-state index contributed by atoms with van der Waals surface area (Å²) in [6.07, 6.45) is 4.32. The summed E-state index contributed by atoms with van der Waals surface area (Å²) < 4.78 is 12.6. The molecule has 0 atom stereocenters. The zero-order chi connectivity index (χ0) is 14.8. The first kappa shape index (κ1) is 14.7. The molecule has 1 N–H and O–H groups in total. The van der Waals surface area contributed by atoms with E-state index < -0.39 is 0 Å². The number of furan rings is 1. The van der Waals surface area contributed by atoms with Gasteiger partial charge in [0.15, 0.2) is 0 Å². The molecule has 21 heavy (non-hydrogen) atoms. The Hall–Kier alpha value is -1.26. The molecular formula is C17H20BrNO2. The molecule has 0 aliphatic heterocycles. The monoisotopic (exact) mass is 349 g/mol. The molecule has 1 heterocycles. The Morgan fingerprint density at radius 3 is 2.67 bits per heavy atom. The van der Waals surface area contributed by atoms with Crippen molar-refractivity contribution in [3.8, 4) is 5.75 Å². The first-order valence-corrected chi connectivity index (χ1v) is 8.11. The Balaban J connectivity index is 1.63. The van der Waals surface area contributed by atoms with Crippen molar-refractivity contribution in [2.45, 2.75) is 45.9 Å². The van der Waals surface area contributed by atoms with E-state index in [0.717, 1.165) is 22.5 Å². The van der Waals surface area contributed by atoms with Gasteiger partial charge in [-0.25, -0.2) is 0 Å². The largest absolute Gasteiger partial charge is 0.486 e. The van der Waals surface area contributed by atoms with Gasteiger partial charge in [-0.2, -0.15) is 0 Å². The van der Waals surface area contributed by atoms with Gasteiger partial charge in [-0.3, -0.25) is 0 Å². The molecule has 1 aliphatic rings. The van der Waals surface area contributed by atoms with Crippen molar-refractivity contribution in [2.75, 3.05) is 0 Å². The molecule has 0 amide bonds. The normalized spacial score (nSPS) is 14.4. The number of benzene rings is 1. The lowest BCUT2D eigenvalue weighted by Crippen LogP contribution is -2.16. The van der Waals surface area contributed by atoms with Gasteiger partial charge < -0.3 is 14.5 Å². The summed E-state index contributed by atoms with van der Waals surface area (Å²) in [4.78, 5) is 0. The van der Waals surface area contributed by atoms with E-state index in [4.69, 9.17) is 9.15 Å². The van der Waals surface area contributed by atoms with Gasteiger partial charge in [0.05, 0.1) is 6.26 Å². The van der Waals surface area contributed by atoms with E-state index in [1.165, 1.54) is 29.5 Å². The van der Waals surface area contributed by atoms with Crippen LogP contribution in [0.25, 0.3) is 0 Å². The van der Waals surface area contributed by atoms with E-state index in [2.05, 4.69) is 35.1 Å². The van der Waals surface area contributed by atoms with Gasteiger partial charge in [0.2, 0.25) is 0 Å². The summed E-state index contributed by atoms with van der Waals surface area (Å²) >= 11 is 3.57. The SMILES string of the molecule is Cc1cc(OCc2occc2CNC2CC2)cc(C)c1Br. The summed E-state index contributed by atoms with van der Waals surface area (Å²) in [5.41, 5.74) is 3.55. The van der Waals surface area contributed by atoms with Crippen LogP contribution < -0.4 is 10.1 Å². The van der Waals surface area contributed by atoms with Gasteiger partial charge in [0, 0.05) is 22.6 Å². The lowest BCUT2D eigenvalue weighted by molar-refractivity contribution is 0.267. The first-order chi connectivity index (χ1) is 10.1. The van der Waals surface area contributed by atoms with E-state index in [1.54, 1.807) is 6.26 Å². The molecule has 0 unspecified atom stereocenters. The standard InChI is InChI=1S/C17H20BrNO2/c1-11-7-15(8-12(2)17(11)18)21-10-16-13(5-6-20-16)9-19-14-3-4-14/h5-8,14,19H,3-4,9-10H2,1-2H3. The Morgan fingerprint density at radius 2 is 2.00 bits per heavy atom. The number of aryl methyl sites for hydroxylation is 2. The van der Waals surface area contributed by atoms with Crippen LogP contribution in [0.3, 0.4) is 0 Å². The predicted octanol–water partition coefficient (Wildman–Crippen LogP) is 4.49. The molecule has 0 spiro atoms. The Morgan fingerprint density at radius 1 is 1.29 bits per heavy atom. The minimum atomic E-state index is 0.467. The molecule has 1 aromatic carbocycles. The topological polar surface area (TPSA) is 34.4 Å². The van der Waals surface area contributed by atoms with Crippen molar-refractivity contribution in [1.29, 1.82) is 0 Å². The molecule has 1 saturated carbocycles. The second kappa shape index (κ2) is 6.24. The van der Waals surface area contributed by atoms with Crippen LogP contribution in [0.1, 0.15) is 35.3 Å². The molecular weight excluding hydrogens is 330 g/mol. The molecule has 0 bridgehead atoms. The fourth-order valence-corrected chi connectivity index (χ4v) is 2.56. The summed E-state index contributed by atoms with van der Waals surface area (Å²) in [6, 6.07) is 6.81. The molecule has 1 fully saturated rings. The fraction of sp³-hybridized carbons (Fsp3) is 0.412. The van der Waals surface area contributed by atoms with Crippen LogP contribution in [0.4, 0.5) is 0 Å². The summed E-state index contributed by atoms with van der Waals surface area (Å²) in [7, 11) is 0. The van der Waals surface area contributed by atoms with E-state index in [9.17, 15) is 0 Å². The number of hydrogen-bond acceptors (Lipinski definition) is 3. The van der Waals surface area contributed by atoms with Gasteiger partial charge >= 0.3 is 0 Å². The average molecular weight is 350 g/mol. The minimum absolute atomic E-state index is 0.467. The lowest BCUT2D eigenvalue weighted by Gasteiger charge is -2.10. The quantitative estimate of drug-likeness (QED) is 0.834. The van der Waals surface area contributed by atoms with Crippen LogP contribution >= 0.6 is 15.9 Å². The van der Waals surface area contributed by atoms with Crippen molar-refractivity contribution < 1.29 is 9.15 Å². The summed E-state index contributed by atoms with van der Waals surface area (Å²) in [6.45, 7) is 5.47. The highest BCUT2D eigenvalue weighted by atomic mass is 79.9. The number of hydrogen-bond donors (Lipinski definition) is 1. The second-order valence-electron chi connectivity index (χ2n) is 5.68. The Kier molecular flexibility index (Phi) is 4.36. The highest BCUT2D eigenvalue weighted by Crippen LogP contribution is 2.27. The van der Waals surface area contributed by atoms with Gasteiger partial charge in [-0.05, 0) is 56.0 Å². The molecule has 1 aromatic heterocycles. The van der Waals surface area contributed by atoms with Crippen LogP contribution in [-0.2, 0) is 13.2 Å². The third-order valence-corrected chi connectivity index (χ3v) is 5.03.